The molecule has 0 spiro atoms. The molecular weight excluding hydrogens is 324 g/mol. The van der Waals surface area contributed by atoms with Crippen LogP contribution in [-0.2, 0) is 14.8 Å². The molecule has 22 heavy (non-hydrogen) atoms. The van der Waals surface area contributed by atoms with Gasteiger partial charge in [-0.25, -0.2) is 8.42 Å². The van der Waals surface area contributed by atoms with Crippen LogP contribution in [0.25, 0.3) is 0 Å². The molecule has 7 heteroatoms. The fourth-order valence-electron chi connectivity index (χ4n) is 1.82. The highest BCUT2D eigenvalue weighted by molar-refractivity contribution is 7.92. The van der Waals surface area contributed by atoms with E-state index in [1.54, 1.807) is 31.2 Å². The first-order chi connectivity index (χ1) is 10.3. The first kappa shape index (κ1) is 16.3. The second kappa shape index (κ2) is 6.37. The van der Waals surface area contributed by atoms with Crippen molar-refractivity contribution in [3.63, 3.8) is 0 Å². The minimum absolute atomic E-state index is 0.0769. The molecule has 0 saturated heterocycles. The van der Waals surface area contributed by atoms with E-state index in [1.165, 1.54) is 25.1 Å². The van der Waals surface area contributed by atoms with Crippen molar-refractivity contribution in [2.24, 2.45) is 0 Å². The number of amides is 1. The lowest BCUT2D eigenvalue weighted by Crippen LogP contribution is -2.13. The predicted octanol–water partition coefficient (Wildman–Crippen LogP) is 3.41. The minimum Gasteiger partial charge on any atom is -0.326 e. The maximum atomic E-state index is 12.3. The van der Waals surface area contributed by atoms with Crippen molar-refractivity contribution in [3.8, 4) is 0 Å². The average Bonchev–Trinajstić information content (AvgIpc) is 2.40. The first-order valence-corrected chi connectivity index (χ1v) is 8.31. The molecule has 2 aromatic rings. The Morgan fingerprint density at radius 2 is 1.77 bits per heavy atom. The summed E-state index contributed by atoms with van der Waals surface area (Å²) in [4.78, 5) is 11.1. The Kier molecular flexibility index (Phi) is 4.73. The van der Waals surface area contributed by atoms with Crippen molar-refractivity contribution in [1.29, 1.82) is 0 Å². The zero-order chi connectivity index (χ0) is 16.3. The van der Waals surface area contributed by atoms with Gasteiger partial charge in [-0.1, -0.05) is 23.7 Å². The molecule has 2 rings (SSSR count). The Morgan fingerprint density at radius 3 is 2.41 bits per heavy atom. The van der Waals surface area contributed by atoms with Gasteiger partial charge < -0.3 is 5.32 Å². The SMILES string of the molecule is CC(=O)Nc1cccc(NS(=O)(=O)c2ccc(C)c(Cl)c2)c1. The van der Waals surface area contributed by atoms with Crippen LogP contribution in [0.5, 0.6) is 0 Å². The molecule has 0 heterocycles. The summed E-state index contributed by atoms with van der Waals surface area (Å²) in [6.45, 7) is 3.17. The molecule has 0 atom stereocenters. The molecule has 2 N–H and O–H groups in total. The molecule has 1 amide bonds. The van der Waals surface area contributed by atoms with Gasteiger partial charge in [0.05, 0.1) is 10.6 Å². The number of anilines is 2. The van der Waals surface area contributed by atoms with Crippen molar-refractivity contribution in [2.75, 3.05) is 10.0 Å². The number of benzene rings is 2. The second-order valence-corrected chi connectivity index (χ2v) is 6.87. The van der Waals surface area contributed by atoms with Gasteiger partial charge in [-0.2, -0.15) is 0 Å². The van der Waals surface area contributed by atoms with Crippen LogP contribution in [-0.4, -0.2) is 14.3 Å². The summed E-state index contributed by atoms with van der Waals surface area (Å²) in [7, 11) is -3.74. The van der Waals surface area contributed by atoms with Gasteiger partial charge in [0.25, 0.3) is 10.0 Å². The first-order valence-electron chi connectivity index (χ1n) is 6.44. The molecule has 0 aliphatic rings. The number of carbonyl (C=O) groups is 1. The monoisotopic (exact) mass is 338 g/mol. The fraction of sp³-hybridized carbons (Fsp3) is 0.133. The maximum absolute atomic E-state index is 12.3. The summed E-state index contributed by atoms with van der Waals surface area (Å²) in [5.74, 6) is -0.231. The molecule has 0 aliphatic heterocycles. The summed E-state index contributed by atoms with van der Waals surface area (Å²) >= 11 is 5.97. The molecule has 0 aromatic heterocycles. The van der Waals surface area contributed by atoms with Crippen molar-refractivity contribution >= 4 is 38.9 Å². The van der Waals surface area contributed by atoms with Crippen molar-refractivity contribution < 1.29 is 13.2 Å². The van der Waals surface area contributed by atoms with Crippen LogP contribution in [0.4, 0.5) is 11.4 Å². The van der Waals surface area contributed by atoms with Gasteiger partial charge in [0.15, 0.2) is 0 Å². The van der Waals surface area contributed by atoms with Crippen molar-refractivity contribution in [2.45, 2.75) is 18.7 Å². The minimum atomic E-state index is -3.74. The van der Waals surface area contributed by atoms with E-state index in [4.69, 9.17) is 11.6 Å². The number of hydrogen-bond acceptors (Lipinski definition) is 3. The van der Waals surface area contributed by atoms with E-state index in [1.807, 2.05) is 0 Å². The highest BCUT2D eigenvalue weighted by Gasteiger charge is 2.15. The van der Waals surface area contributed by atoms with E-state index in [0.29, 0.717) is 16.4 Å². The van der Waals surface area contributed by atoms with Crippen LogP contribution >= 0.6 is 11.6 Å². The van der Waals surface area contributed by atoms with Gasteiger partial charge in [-0.3, -0.25) is 9.52 Å². The second-order valence-electron chi connectivity index (χ2n) is 4.78. The zero-order valence-electron chi connectivity index (χ0n) is 12.1. The van der Waals surface area contributed by atoms with Crippen LogP contribution < -0.4 is 10.0 Å². The summed E-state index contributed by atoms with van der Waals surface area (Å²) < 4.78 is 27.1. The lowest BCUT2D eigenvalue weighted by molar-refractivity contribution is -0.114. The average molecular weight is 339 g/mol. The van der Waals surface area contributed by atoms with E-state index in [0.717, 1.165) is 5.56 Å². The smallest absolute Gasteiger partial charge is 0.261 e. The van der Waals surface area contributed by atoms with Gasteiger partial charge in [0, 0.05) is 17.6 Å². The third-order valence-corrected chi connectivity index (χ3v) is 4.67. The summed E-state index contributed by atoms with van der Waals surface area (Å²) in [5.41, 5.74) is 1.66. The third kappa shape index (κ3) is 3.99. The van der Waals surface area contributed by atoms with Gasteiger partial charge in [-0.05, 0) is 42.8 Å². The van der Waals surface area contributed by atoms with Crippen LogP contribution in [0.2, 0.25) is 5.02 Å². The van der Waals surface area contributed by atoms with Crippen molar-refractivity contribution in [3.05, 3.63) is 53.1 Å². The van der Waals surface area contributed by atoms with Gasteiger partial charge in [-0.15, -0.1) is 0 Å². The molecule has 5 nitrogen and oxygen atoms in total. The molecule has 0 bridgehead atoms. The molecular formula is C15H15ClN2O3S. The third-order valence-electron chi connectivity index (χ3n) is 2.89. The lowest BCUT2D eigenvalue weighted by Gasteiger charge is -2.10. The quantitative estimate of drug-likeness (QED) is 0.897. The number of aryl methyl sites for hydroxylation is 1. The van der Waals surface area contributed by atoms with Crippen molar-refractivity contribution in [1.82, 2.24) is 0 Å². The number of hydrogen-bond donors (Lipinski definition) is 2. The Hall–Kier alpha value is -2.05. The molecule has 0 radical (unpaired) electrons. The number of carbonyl (C=O) groups excluding carboxylic acids is 1. The van der Waals surface area contributed by atoms with E-state index in [-0.39, 0.29) is 10.8 Å². The van der Waals surface area contributed by atoms with Crippen LogP contribution in [0.3, 0.4) is 0 Å². The van der Waals surface area contributed by atoms with E-state index >= 15 is 0 Å². The highest BCUT2D eigenvalue weighted by Crippen LogP contribution is 2.23. The number of sulfonamides is 1. The zero-order valence-corrected chi connectivity index (χ0v) is 13.6. The number of nitrogens with one attached hydrogen (secondary N) is 2. The topological polar surface area (TPSA) is 75.3 Å². The van der Waals surface area contributed by atoms with E-state index in [2.05, 4.69) is 10.0 Å². The normalized spacial score (nSPS) is 11.0. The highest BCUT2D eigenvalue weighted by atomic mass is 35.5. The summed E-state index contributed by atoms with van der Waals surface area (Å²) in [6.07, 6.45) is 0. The number of rotatable bonds is 4. The number of halogens is 1. The van der Waals surface area contributed by atoms with Gasteiger partial charge in [0.2, 0.25) is 5.91 Å². The van der Waals surface area contributed by atoms with E-state index in [9.17, 15) is 13.2 Å². The molecule has 116 valence electrons. The lowest BCUT2D eigenvalue weighted by atomic mass is 10.2. The predicted molar refractivity (Wildman–Crippen MR) is 87.7 cm³/mol. The Morgan fingerprint density at radius 1 is 1.09 bits per heavy atom. The molecule has 0 aliphatic carbocycles. The molecule has 0 unspecified atom stereocenters. The summed E-state index contributed by atoms with van der Waals surface area (Å²) in [5, 5.41) is 2.98. The largest absolute Gasteiger partial charge is 0.326 e. The van der Waals surface area contributed by atoms with Gasteiger partial charge >= 0.3 is 0 Å². The molecule has 0 saturated carbocycles. The maximum Gasteiger partial charge on any atom is 0.261 e. The van der Waals surface area contributed by atoms with Gasteiger partial charge in [0.1, 0.15) is 0 Å². The van der Waals surface area contributed by atoms with Crippen LogP contribution in [0, 0.1) is 6.92 Å². The van der Waals surface area contributed by atoms with Crippen LogP contribution in [0.1, 0.15) is 12.5 Å². The Labute approximate surface area is 134 Å². The van der Waals surface area contributed by atoms with E-state index < -0.39 is 10.0 Å². The standard InChI is InChI=1S/C15H15ClN2O3S/c1-10-6-7-14(9-15(10)16)22(20,21)18-13-5-3-4-12(8-13)17-11(2)19/h3-9,18H,1-2H3,(H,17,19). The Bertz CT molecular complexity index is 819. The van der Waals surface area contributed by atoms with Crippen LogP contribution in [0.15, 0.2) is 47.4 Å². The fourth-order valence-corrected chi connectivity index (χ4v) is 3.14. The summed E-state index contributed by atoms with van der Waals surface area (Å²) in [6, 6.07) is 11.0. The molecule has 0 fully saturated rings. The molecule has 2 aromatic carbocycles. The Balaban J connectivity index is 2.28.